The summed E-state index contributed by atoms with van der Waals surface area (Å²) in [5.74, 6) is 1.68. The highest BCUT2D eigenvalue weighted by atomic mass is 35.5. The van der Waals surface area contributed by atoms with Gasteiger partial charge in [-0.05, 0) is 36.6 Å². The first-order valence-electron chi connectivity index (χ1n) is 7.59. The highest BCUT2D eigenvalue weighted by Gasteiger charge is 2.26. The minimum atomic E-state index is 0.359. The van der Waals surface area contributed by atoms with Crippen LogP contribution in [0, 0.1) is 5.92 Å². The van der Waals surface area contributed by atoms with Crippen molar-refractivity contribution in [3.8, 4) is 5.75 Å². The summed E-state index contributed by atoms with van der Waals surface area (Å²) in [5.41, 5.74) is 8.68. The van der Waals surface area contributed by atoms with Crippen LogP contribution in [0.3, 0.4) is 0 Å². The van der Waals surface area contributed by atoms with Gasteiger partial charge in [-0.2, -0.15) is 0 Å². The molecule has 0 spiro atoms. The van der Waals surface area contributed by atoms with Crippen LogP contribution >= 0.6 is 11.6 Å². The molecule has 3 nitrogen and oxygen atoms in total. The molecule has 0 aliphatic carbocycles. The lowest BCUT2D eigenvalue weighted by molar-refractivity contribution is 0.144. The van der Waals surface area contributed by atoms with Crippen molar-refractivity contribution in [3.63, 3.8) is 0 Å². The molecule has 2 atom stereocenters. The maximum Gasteiger partial charge on any atom is 0.127 e. The number of piperidine rings is 1. The third-order valence-corrected chi connectivity index (χ3v) is 4.84. The van der Waals surface area contributed by atoms with Gasteiger partial charge < -0.3 is 10.5 Å². The first-order chi connectivity index (χ1) is 9.67. The molecular weight excluding hydrogens is 272 g/mol. The molecule has 3 rings (SSSR count). The number of benzene rings is 1. The molecular formula is C16H23ClN2O. The maximum absolute atomic E-state index is 6.23. The van der Waals surface area contributed by atoms with E-state index >= 15 is 0 Å². The van der Waals surface area contributed by atoms with E-state index in [4.69, 9.17) is 22.1 Å². The highest BCUT2D eigenvalue weighted by molar-refractivity contribution is 6.30. The van der Waals surface area contributed by atoms with Gasteiger partial charge in [0.1, 0.15) is 5.75 Å². The van der Waals surface area contributed by atoms with Crippen molar-refractivity contribution in [1.29, 1.82) is 0 Å². The molecule has 0 radical (unpaired) electrons. The average molecular weight is 295 g/mol. The molecule has 20 heavy (non-hydrogen) atoms. The molecule has 2 unspecified atom stereocenters. The van der Waals surface area contributed by atoms with Crippen LogP contribution < -0.4 is 10.5 Å². The van der Waals surface area contributed by atoms with Crippen molar-refractivity contribution >= 4 is 11.6 Å². The molecule has 0 aromatic heterocycles. The van der Waals surface area contributed by atoms with Gasteiger partial charge in [0.25, 0.3) is 0 Å². The molecule has 1 aromatic rings. The van der Waals surface area contributed by atoms with Crippen LogP contribution in [0.2, 0.25) is 5.02 Å². The van der Waals surface area contributed by atoms with Gasteiger partial charge >= 0.3 is 0 Å². The molecule has 0 saturated carbocycles. The molecule has 110 valence electrons. The Hall–Kier alpha value is -0.770. The second-order valence-corrected chi connectivity index (χ2v) is 6.44. The average Bonchev–Trinajstić information content (AvgIpc) is 2.89. The van der Waals surface area contributed by atoms with Gasteiger partial charge in [0.2, 0.25) is 0 Å². The van der Waals surface area contributed by atoms with Gasteiger partial charge in [0.15, 0.2) is 0 Å². The van der Waals surface area contributed by atoms with E-state index in [0.717, 1.165) is 56.3 Å². The zero-order valence-electron chi connectivity index (χ0n) is 12.1. The Morgan fingerprint density at radius 2 is 2.30 bits per heavy atom. The highest BCUT2D eigenvalue weighted by Crippen LogP contribution is 2.34. The molecule has 1 aromatic carbocycles. The van der Waals surface area contributed by atoms with E-state index in [1.807, 2.05) is 6.07 Å². The van der Waals surface area contributed by atoms with Crippen LogP contribution in [0.4, 0.5) is 0 Å². The van der Waals surface area contributed by atoms with Crippen LogP contribution in [0.1, 0.15) is 30.9 Å². The van der Waals surface area contributed by atoms with E-state index in [0.29, 0.717) is 12.0 Å². The predicted molar refractivity (Wildman–Crippen MR) is 82.3 cm³/mol. The molecule has 2 aliphatic rings. The summed E-state index contributed by atoms with van der Waals surface area (Å²) in [4.78, 5) is 2.49. The number of rotatable bonds is 3. The molecule has 2 N–H and O–H groups in total. The fraction of sp³-hybridized carbons (Fsp3) is 0.625. The summed E-state index contributed by atoms with van der Waals surface area (Å²) in [6.07, 6.45) is 3.22. The number of likely N-dealkylation sites (tertiary alicyclic amines) is 1. The summed E-state index contributed by atoms with van der Waals surface area (Å²) in [7, 11) is 0. The third kappa shape index (κ3) is 2.80. The molecule has 1 fully saturated rings. The van der Waals surface area contributed by atoms with E-state index in [9.17, 15) is 0 Å². The summed E-state index contributed by atoms with van der Waals surface area (Å²) < 4.78 is 5.79. The van der Waals surface area contributed by atoms with Crippen molar-refractivity contribution in [2.75, 3.05) is 19.7 Å². The summed E-state index contributed by atoms with van der Waals surface area (Å²) in [6.45, 7) is 6.09. The summed E-state index contributed by atoms with van der Waals surface area (Å²) >= 11 is 6.23. The number of nitrogens with zero attached hydrogens (tertiary/aromatic N) is 1. The quantitative estimate of drug-likeness (QED) is 0.932. The van der Waals surface area contributed by atoms with E-state index in [1.165, 1.54) is 11.1 Å². The van der Waals surface area contributed by atoms with Gasteiger partial charge in [-0.25, -0.2) is 0 Å². The van der Waals surface area contributed by atoms with Gasteiger partial charge in [0, 0.05) is 36.1 Å². The summed E-state index contributed by atoms with van der Waals surface area (Å²) in [5, 5.41) is 0.824. The minimum absolute atomic E-state index is 0.359. The van der Waals surface area contributed by atoms with Crippen molar-refractivity contribution in [2.45, 2.75) is 38.8 Å². The van der Waals surface area contributed by atoms with E-state index in [-0.39, 0.29) is 0 Å². The Morgan fingerprint density at radius 1 is 1.45 bits per heavy atom. The van der Waals surface area contributed by atoms with E-state index in [2.05, 4.69) is 17.9 Å². The predicted octanol–water partition coefficient (Wildman–Crippen LogP) is 2.83. The lowest BCUT2D eigenvalue weighted by atomic mass is 9.90. The largest absolute Gasteiger partial charge is 0.493 e. The number of halogens is 1. The Kier molecular flexibility index (Phi) is 4.20. The van der Waals surface area contributed by atoms with Gasteiger partial charge in [-0.15, -0.1) is 0 Å². The fourth-order valence-corrected chi connectivity index (χ4v) is 3.67. The number of hydrogen-bond acceptors (Lipinski definition) is 3. The lowest BCUT2D eigenvalue weighted by Gasteiger charge is -2.36. The topological polar surface area (TPSA) is 38.5 Å². The normalized spacial score (nSPS) is 26.4. The Labute approximate surface area is 126 Å². The van der Waals surface area contributed by atoms with Crippen LogP contribution in [-0.2, 0) is 13.0 Å². The minimum Gasteiger partial charge on any atom is -0.493 e. The fourth-order valence-electron chi connectivity index (χ4n) is 3.41. The number of ether oxygens (including phenoxy) is 1. The molecule has 0 bridgehead atoms. The monoisotopic (exact) mass is 294 g/mol. The molecule has 2 heterocycles. The SMILES string of the molecule is CCC1CN(Cc2cc(Cl)cc3c2OCC3)CCC1N. The Morgan fingerprint density at radius 3 is 3.10 bits per heavy atom. The maximum atomic E-state index is 6.23. The van der Waals surface area contributed by atoms with Crippen LogP contribution in [0.5, 0.6) is 5.75 Å². The first-order valence-corrected chi connectivity index (χ1v) is 7.97. The number of hydrogen-bond donors (Lipinski definition) is 1. The number of fused-ring (bicyclic) bond motifs is 1. The smallest absolute Gasteiger partial charge is 0.127 e. The Bertz CT molecular complexity index is 492. The van der Waals surface area contributed by atoms with Crippen LogP contribution in [0.15, 0.2) is 12.1 Å². The molecule has 4 heteroatoms. The standard InChI is InChI=1S/C16H23ClN2O/c1-2-11-9-19(5-3-15(11)18)10-13-8-14(17)7-12-4-6-20-16(12)13/h7-8,11,15H,2-6,9-10,18H2,1H3. The zero-order chi connectivity index (χ0) is 14.1. The van der Waals surface area contributed by atoms with E-state index < -0.39 is 0 Å². The van der Waals surface area contributed by atoms with Gasteiger partial charge in [0.05, 0.1) is 6.61 Å². The Balaban J connectivity index is 1.75. The van der Waals surface area contributed by atoms with Crippen LogP contribution in [0.25, 0.3) is 0 Å². The third-order valence-electron chi connectivity index (χ3n) is 4.62. The second-order valence-electron chi connectivity index (χ2n) is 6.01. The van der Waals surface area contributed by atoms with Crippen molar-refractivity contribution in [2.24, 2.45) is 11.7 Å². The number of nitrogens with two attached hydrogens (primary N) is 1. The second kappa shape index (κ2) is 5.92. The van der Waals surface area contributed by atoms with E-state index in [1.54, 1.807) is 0 Å². The van der Waals surface area contributed by atoms with Crippen molar-refractivity contribution in [3.05, 3.63) is 28.3 Å². The lowest BCUT2D eigenvalue weighted by Crippen LogP contribution is -2.46. The molecule has 1 saturated heterocycles. The van der Waals surface area contributed by atoms with Crippen molar-refractivity contribution < 1.29 is 4.74 Å². The molecule has 0 amide bonds. The first kappa shape index (κ1) is 14.2. The van der Waals surface area contributed by atoms with Gasteiger partial charge in [-0.3, -0.25) is 4.90 Å². The van der Waals surface area contributed by atoms with Crippen LogP contribution in [-0.4, -0.2) is 30.6 Å². The van der Waals surface area contributed by atoms with Gasteiger partial charge in [-0.1, -0.05) is 24.9 Å². The summed E-state index contributed by atoms with van der Waals surface area (Å²) in [6, 6.07) is 4.45. The zero-order valence-corrected chi connectivity index (χ0v) is 12.8. The van der Waals surface area contributed by atoms with Crippen molar-refractivity contribution in [1.82, 2.24) is 4.90 Å². The molecule has 2 aliphatic heterocycles.